The minimum Gasteiger partial charge on any atom is -0.496 e. The van der Waals surface area contributed by atoms with Gasteiger partial charge in [0.1, 0.15) is 35.2 Å². The molecule has 0 aromatic heterocycles. The van der Waals surface area contributed by atoms with Crippen LogP contribution < -0.4 is 24.4 Å². The Kier molecular flexibility index (Phi) is 9.17. The second-order valence-electron chi connectivity index (χ2n) is 11.7. The van der Waals surface area contributed by atoms with Crippen molar-refractivity contribution in [3.63, 3.8) is 0 Å². The van der Waals surface area contributed by atoms with Gasteiger partial charge in [-0.25, -0.2) is 9.18 Å². The fourth-order valence-corrected chi connectivity index (χ4v) is 5.69. The molecule has 0 atom stereocenters. The van der Waals surface area contributed by atoms with Gasteiger partial charge >= 0.3 is 6.09 Å². The first-order valence-electron chi connectivity index (χ1n) is 14.9. The number of hydrogen-bond acceptors (Lipinski definition) is 7. The van der Waals surface area contributed by atoms with Gasteiger partial charge in [0, 0.05) is 49.8 Å². The Morgan fingerprint density at radius 3 is 2.48 bits per heavy atom. The standard InChI is InChI=1S/C34H40FN3O6/c1-22-9-10-23(35)19-29(22)44-21-27-25(13-14-28-31(27)37(4)32(39)34(2,3)36-28)26-12-11-24(20-30(26)41-5)42-17-8-18-43-33(40)38-15-6-7-16-38/h9-14,19-20,36H,6-8,15-18,21H2,1-5H3. The molecule has 5 rings (SSSR count). The highest BCUT2D eigenvalue weighted by atomic mass is 19.1. The van der Waals surface area contributed by atoms with E-state index in [4.69, 9.17) is 18.9 Å². The molecule has 0 saturated carbocycles. The van der Waals surface area contributed by atoms with E-state index < -0.39 is 11.4 Å². The highest BCUT2D eigenvalue weighted by Gasteiger charge is 2.38. The van der Waals surface area contributed by atoms with Gasteiger partial charge in [-0.05, 0) is 69.0 Å². The summed E-state index contributed by atoms with van der Waals surface area (Å²) in [6.07, 6.45) is 2.33. The molecule has 234 valence electrons. The Labute approximate surface area is 257 Å². The first kappa shape index (κ1) is 31.0. The maximum atomic E-state index is 14.1. The third kappa shape index (κ3) is 6.54. The van der Waals surface area contributed by atoms with E-state index in [-0.39, 0.29) is 25.2 Å². The van der Waals surface area contributed by atoms with Crippen LogP contribution in [0.1, 0.15) is 44.2 Å². The molecular weight excluding hydrogens is 565 g/mol. The number of nitrogens with one attached hydrogen (secondary N) is 1. The van der Waals surface area contributed by atoms with Crippen LogP contribution in [0.25, 0.3) is 11.1 Å². The van der Waals surface area contributed by atoms with Gasteiger partial charge in [0.05, 0.1) is 31.7 Å². The van der Waals surface area contributed by atoms with Gasteiger partial charge in [-0.3, -0.25) is 4.79 Å². The van der Waals surface area contributed by atoms with E-state index in [1.165, 1.54) is 12.1 Å². The highest BCUT2D eigenvalue weighted by molar-refractivity contribution is 6.08. The molecule has 0 bridgehead atoms. The number of carbonyl (C=O) groups excluding carboxylic acids is 2. The van der Waals surface area contributed by atoms with Gasteiger partial charge in [0.25, 0.3) is 5.91 Å². The smallest absolute Gasteiger partial charge is 0.409 e. The zero-order valence-corrected chi connectivity index (χ0v) is 26.0. The van der Waals surface area contributed by atoms with E-state index in [1.807, 2.05) is 51.1 Å². The van der Waals surface area contributed by atoms with Gasteiger partial charge in [-0.2, -0.15) is 0 Å². The fraction of sp³-hybridized carbons (Fsp3) is 0.412. The van der Waals surface area contributed by atoms with Crippen LogP contribution in [0.2, 0.25) is 0 Å². The number of nitrogens with zero attached hydrogens (tertiary/aromatic N) is 2. The lowest BCUT2D eigenvalue weighted by molar-refractivity contribution is -0.121. The number of benzene rings is 3. The van der Waals surface area contributed by atoms with Crippen molar-refractivity contribution in [2.75, 3.05) is 50.7 Å². The van der Waals surface area contributed by atoms with E-state index in [9.17, 15) is 14.0 Å². The molecule has 2 heterocycles. The molecule has 3 aromatic carbocycles. The van der Waals surface area contributed by atoms with Gasteiger partial charge in [0.2, 0.25) is 0 Å². The number of hydrogen-bond donors (Lipinski definition) is 1. The highest BCUT2D eigenvalue weighted by Crippen LogP contribution is 2.45. The van der Waals surface area contributed by atoms with Crippen LogP contribution in [0.5, 0.6) is 17.2 Å². The normalized spacial score (nSPS) is 15.5. The van der Waals surface area contributed by atoms with E-state index in [0.29, 0.717) is 36.0 Å². The third-order valence-corrected chi connectivity index (χ3v) is 8.04. The quantitative estimate of drug-likeness (QED) is 0.262. The van der Waals surface area contributed by atoms with Crippen molar-refractivity contribution in [3.8, 4) is 28.4 Å². The summed E-state index contributed by atoms with van der Waals surface area (Å²) in [7, 11) is 3.34. The number of aryl methyl sites for hydroxylation is 1. The number of likely N-dealkylation sites (tertiary alicyclic amines) is 1. The number of rotatable bonds is 10. The third-order valence-electron chi connectivity index (χ3n) is 8.04. The van der Waals surface area contributed by atoms with E-state index in [2.05, 4.69) is 5.32 Å². The molecule has 2 aliphatic heterocycles. The molecule has 1 N–H and O–H groups in total. The van der Waals surface area contributed by atoms with Crippen molar-refractivity contribution in [1.82, 2.24) is 4.90 Å². The largest absolute Gasteiger partial charge is 0.496 e. The first-order chi connectivity index (χ1) is 21.1. The molecule has 44 heavy (non-hydrogen) atoms. The Balaban J connectivity index is 1.39. The summed E-state index contributed by atoms with van der Waals surface area (Å²) in [6, 6.07) is 13.9. The minimum atomic E-state index is -0.788. The summed E-state index contributed by atoms with van der Waals surface area (Å²) in [5, 5.41) is 3.36. The molecule has 1 fully saturated rings. The van der Waals surface area contributed by atoms with Crippen LogP contribution in [0.4, 0.5) is 20.6 Å². The van der Waals surface area contributed by atoms with Crippen LogP contribution in [0.3, 0.4) is 0 Å². The maximum Gasteiger partial charge on any atom is 0.409 e. The Morgan fingerprint density at radius 2 is 1.73 bits per heavy atom. The lowest BCUT2D eigenvalue weighted by atomic mass is 9.91. The number of halogens is 1. The predicted octanol–water partition coefficient (Wildman–Crippen LogP) is 6.56. The zero-order valence-electron chi connectivity index (χ0n) is 26.0. The zero-order chi connectivity index (χ0) is 31.4. The molecule has 2 amide bonds. The van der Waals surface area contributed by atoms with E-state index in [0.717, 1.165) is 53.9 Å². The first-order valence-corrected chi connectivity index (χ1v) is 14.9. The predicted molar refractivity (Wildman–Crippen MR) is 167 cm³/mol. The minimum absolute atomic E-state index is 0.0834. The van der Waals surface area contributed by atoms with Crippen molar-refractivity contribution in [2.45, 2.75) is 52.2 Å². The second kappa shape index (κ2) is 13.0. The van der Waals surface area contributed by atoms with Crippen molar-refractivity contribution < 1.29 is 32.9 Å². The van der Waals surface area contributed by atoms with Crippen LogP contribution in [0.15, 0.2) is 48.5 Å². The van der Waals surface area contributed by atoms with Gasteiger partial charge in [-0.15, -0.1) is 0 Å². The molecular formula is C34H40FN3O6. The summed E-state index contributed by atoms with van der Waals surface area (Å²) >= 11 is 0. The number of carbonyl (C=O) groups is 2. The number of methoxy groups -OCH3 is 1. The van der Waals surface area contributed by atoms with Crippen molar-refractivity contribution >= 4 is 23.4 Å². The van der Waals surface area contributed by atoms with Crippen molar-refractivity contribution in [1.29, 1.82) is 0 Å². The SMILES string of the molecule is COc1cc(OCCCOC(=O)N2CCCC2)ccc1-c1ccc2c(c1COc1cc(F)ccc1C)N(C)C(=O)C(C)(C)N2. The molecule has 0 spiro atoms. The molecule has 3 aromatic rings. The second-order valence-corrected chi connectivity index (χ2v) is 11.7. The van der Waals surface area contributed by atoms with Gasteiger partial charge < -0.3 is 34.1 Å². The Bertz CT molecular complexity index is 1540. The van der Waals surface area contributed by atoms with Crippen LogP contribution in [-0.2, 0) is 16.1 Å². The van der Waals surface area contributed by atoms with Gasteiger partial charge in [-0.1, -0.05) is 12.1 Å². The monoisotopic (exact) mass is 605 g/mol. The van der Waals surface area contributed by atoms with E-state index in [1.54, 1.807) is 30.0 Å². The number of fused-ring (bicyclic) bond motifs is 1. The van der Waals surface area contributed by atoms with Gasteiger partial charge in [0.15, 0.2) is 0 Å². The Hall–Kier alpha value is -4.47. The number of anilines is 2. The van der Waals surface area contributed by atoms with Crippen molar-refractivity contribution in [2.24, 2.45) is 0 Å². The Morgan fingerprint density at radius 1 is 0.977 bits per heavy atom. The molecule has 0 aliphatic carbocycles. The topological polar surface area (TPSA) is 89.6 Å². The number of ether oxygens (including phenoxy) is 4. The number of amides is 2. The fourth-order valence-electron chi connectivity index (χ4n) is 5.69. The molecule has 0 unspecified atom stereocenters. The summed E-state index contributed by atoms with van der Waals surface area (Å²) in [4.78, 5) is 28.8. The lowest BCUT2D eigenvalue weighted by Gasteiger charge is -2.39. The average Bonchev–Trinajstić information content (AvgIpc) is 3.55. The van der Waals surface area contributed by atoms with E-state index >= 15 is 0 Å². The molecule has 10 heteroatoms. The average molecular weight is 606 g/mol. The maximum absolute atomic E-state index is 14.1. The molecule has 9 nitrogen and oxygen atoms in total. The summed E-state index contributed by atoms with van der Waals surface area (Å²) in [5.41, 5.74) is 3.82. The summed E-state index contributed by atoms with van der Waals surface area (Å²) in [6.45, 7) is 7.79. The molecule has 0 radical (unpaired) electrons. The summed E-state index contributed by atoms with van der Waals surface area (Å²) in [5.74, 6) is 1.13. The molecule has 1 saturated heterocycles. The molecule has 2 aliphatic rings. The van der Waals surface area contributed by atoms with Crippen LogP contribution in [-0.4, -0.2) is 62.9 Å². The van der Waals surface area contributed by atoms with Crippen molar-refractivity contribution in [3.05, 3.63) is 65.5 Å². The lowest BCUT2D eigenvalue weighted by Crippen LogP contribution is -2.52. The summed E-state index contributed by atoms with van der Waals surface area (Å²) < 4.78 is 37.3. The van der Waals surface area contributed by atoms with Crippen LogP contribution in [0, 0.1) is 12.7 Å². The van der Waals surface area contributed by atoms with Crippen LogP contribution >= 0.6 is 0 Å². The number of likely N-dealkylation sites (N-methyl/N-ethyl adjacent to an activating group) is 1.